The van der Waals surface area contributed by atoms with Gasteiger partial charge in [-0.1, -0.05) is 23.2 Å². The highest BCUT2D eigenvalue weighted by atomic mass is 35.5. The summed E-state index contributed by atoms with van der Waals surface area (Å²) in [6.07, 6.45) is 4.06. The van der Waals surface area contributed by atoms with Gasteiger partial charge in [0, 0.05) is 23.2 Å². The lowest BCUT2D eigenvalue weighted by molar-refractivity contribution is 0.0591. The lowest BCUT2D eigenvalue weighted by atomic mass is 9.97. The number of hydrogen-bond donors (Lipinski definition) is 2. The van der Waals surface area contributed by atoms with E-state index in [1.807, 2.05) is 32.0 Å². The van der Waals surface area contributed by atoms with E-state index in [-0.39, 0.29) is 28.9 Å². The molecular weight excluding hydrogens is 485 g/mol. The zero-order valence-electron chi connectivity index (χ0n) is 20.3. The maximum Gasteiger partial charge on any atom is 0.255 e. The first-order chi connectivity index (χ1) is 16.7. The summed E-state index contributed by atoms with van der Waals surface area (Å²) in [7, 11) is 4.08. The Morgan fingerprint density at radius 1 is 1.20 bits per heavy atom. The number of carbonyl (C=O) groups excluding carboxylic acids is 2. The number of amides is 2. The Kier molecular flexibility index (Phi) is 7.99. The minimum absolute atomic E-state index is 0.0697. The number of fused-ring (bicyclic) bond motifs is 1. The molecule has 2 heterocycles. The van der Waals surface area contributed by atoms with Gasteiger partial charge in [0.05, 0.1) is 27.7 Å². The first kappa shape index (κ1) is 25.5. The molecule has 4 rings (SSSR count). The fraction of sp³-hybridized carbons (Fsp3) is 0.423. The number of H-pyrrole nitrogens is 1. The Morgan fingerprint density at radius 3 is 2.74 bits per heavy atom. The number of halogens is 2. The van der Waals surface area contributed by atoms with Gasteiger partial charge < -0.3 is 20.1 Å². The van der Waals surface area contributed by atoms with Crippen LogP contribution in [0.3, 0.4) is 0 Å². The molecule has 0 spiro atoms. The Hall–Kier alpha value is -2.61. The minimum atomic E-state index is -0.362. The van der Waals surface area contributed by atoms with E-state index in [9.17, 15) is 9.59 Å². The second-order valence-electron chi connectivity index (χ2n) is 9.41. The third-order valence-corrected chi connectivity index (χ3v) is 7.03. The van der Waals surface area contributed by atoms with Gasteiger partial charge in [0.2, 0.25) is 0 Å². The van der Waals surface area contributed by atoms with Crippen LogP contribution in [0.4, 0.5) is 0 Å². The highest BCUT2D eigenvalue weighted by molar-refractivity contribution is 6.34. The molecule has 2 amide bonds. The summed E-state index contributed by atoms with van der Waals surface area (Å²) in [5, 5.41) is 3.82. The van der Waals surface area contributed by atoms with Gasteiger partial charge >= 0.3 is 0 Å². The van der Waals surface area contributed by atoms with Gasteiger partial charge in [0.25, 0.3) is 11.8 Å². The number of rotatable bonds is 7. The maximum absolute atomic E-state index is 13.3. The molecule has 0 saturated carbocycles. The highest BCUT2D eigenvalue weighted by Gasteiger charge is 2.29. The summed E-state index contributed by atoms with van der Waals surface area (Å²) in [5.41, 5.74) is 2.40. The highest BCUT2D eigenvalue weighted by Crippen LogP contribution is 2.26. The maximum atomic E-state index is 13.3. The summed E-state index contributed by atoms with van der Waals surface area (Å²) in [6.45, 7) is 3.51. The van der Waals surface area contributed by atoms with Crippen LogP contribution in [-0.2, 0) is 0 Å². The van der Waals surface area contributed by atoms with Crippen LogP contribution >= 0.6 is 23.2 Å². The summed E-state index contributed by atoms with van der Waals surface area (Å²) in [6, 6.07) is 10.1. The van der Waals surface area contributed by atoms with Crippen molar-refractivity contribution in [1.29, 1.82) is 0 Å². The molecule has 2 atom stereocenters. The largest absolute Gasteiger partial charge is 0.342 e. The third-order valence-electron chi connectivity index (χ3n) is 6.48. The molecule has 186 valence electrons. The number of benzene rings is 2. The molecule has 0 aliphatic carbocycles. The van der Waals surface area contributed by atoms with Gasteiger partial charge in [-0.15, -0.1) is 0 Å². The molecule has 1 saturated heterocycles. The topological polar surface area (TPSA) is 81.3 Å². The number of piperidine rings is 1. The van der Waals surface area contributed by atoms with Crippen LogP contribution in [0.2, 0.25) is 10.0 Å². The standard InChI is InChI=1S/C26H31Cl2N5O2/c1-16(24-30-22-10-8-18(27)15-23(22)31-24)29-25(34)17-7-9-20(21(28)14-17)26(35)33-12-5-4-6-19(33)11-13-32(2)3/h7-10,14-16,19H,4-6,11-13H2,1-3H3,(H,29,34)(H,30,31)/t16-,19?/m1/s1. The van der Waals surface area contributed by atoms with Gasteiger partial charge in [-0.05, 0) is 89.6 Å². The van der Waals surface area contributed by atoms with Gasteiger partial charge in [0.1, 0.15) is 5.82 Å². The summed E-state index contributed by atoms with van der Waals surface area (Å²) in [5.74, 6) is 0.265. The molecule has 1 aliphatic rings. The fourth-order valence-corrected chi connectivity index (χ4v) is 4.94. The smallest absolute Gasteiger partial charge is 0.255 e. The van der Waals surface area contributed by atoms with Crippen molar-refractivity contribution in [2.75, 3.05) is 27.2 Å². The summed E-state index contributed by atoms with van der Waals surface area (Å²) >= 11 is 12.6. The number of aromatic amines is 1. The van der Waals surface area contributed by atoms with Crippen molar-refractivity contribution >= 4 is 46.0 Å². The Labute approximate surface area is 215 Å². The van der Waals surface area contributed by atoms with Crippen molar-refractivity contribution in [3.63, 3.8) is 0 Å². The van der Waals surface area contributed by atoms with E-state index < -0.39 is 0 Å². The van der Waals surface area contributed by atoms with Crippen LogP contribution in [-0.4, -0.2) is 64.8 Å². The number of imidazole rings is 1. The molecule has 1 aromatic heterocycles. The van der Waals surface area contributed by atoms with Gasteiger partial charge in [-0.25, -0.2) is 4.98 Å². The Bertz CT molecular complexity index is 1230. The molecule has 7 nitrogen and oxygen atoms in total. The van der Waals surface area contributed by atoms with Gasteiger partial charge in [0.15, 0.2) is 0 Å². The quantitative estimate of drug-likeness (QED) is 0.446. The van der Waals surface area contributed by atoms with E-state index in [1.165, 1.54) is 0 Å². The van der Waals surface area contributed by atoms with Crippen molar-refractivity contribution in [3.8, 4) is 0 Å². The SMILES string of the molecule is C[C@@H](NC(=O)c1ccc(C(=O)N2CCCCC2CCN(C)C)c(Cl)c1)c1nc2cc(Cl)ccc2[nH]1. The first-order valence-corrected chi connectivity index (χ1v) is 12.7. The lowest BCUT2D eigenvalue weighted by Crippen LogP contribution is -2.45. The summed E-state index contributed by atoms with van der Waals surface area (Å²) < 4.78 is 0. The molecule has 2 N–H and O–H groups in total. The number of hydrogen-bond acceptors (Lipinski definition) is 4. The molecule has 1 aliphatic heterocycles. The average Bonchev–Trinajstić information content (AvgIpc) is 3.26. The number of aromatic nitrogens is 2. The molecular formula is C26H31Cl2N5O2. The van der Waals surface area contributed by atoms with Crippen LogP contribution in [0.1, 0.15) is 65.2 Å². The van der Waals surface area contributed by atoms with E-state index >= 15 is 0 Å². The predicted molar refractivity (Wildman–Crippen MR) is 140 cm³/mol. The van der Waals surface area contributed by atoms with E-state index in [0.29, 0.717) is 22.0 Å². The lowest BCUT2D eigenvalue weighted by Gasteiger charge is -2.36. The molecule has 1 unspecified atom stereocenters. The Balaban J connectivity index is 1.45. The molecule has 3 aromatic rings. The summed E-state index contributed by atoms with van der Waals surface area (Å²) in [4.78, 5) is 38.1. The van der Waals surface area contributed by atoms with E-state index in [0.717, 1.165) is 49.8 Å². The molecule has 1 fully saturated rings. The normalized spacial score (nSPS) is 17.1. The van der Waals surface area contributed by atoms with Crippen molar-refractivity contribution in [3.05, 3.63) is 63.4 Å². The minimum Gasteiger partial charge on any atom is -0.342 e. The van der Waals surface area contributed by atoms with E-state index in [1.54, 1.807) is 30.3 Å². The van der Waals surface area contributed by atoms with Crippen LogP contribution in [0.15, 0.2) is 36.4 Å². The number of likely N-dealkylation sites (tertiary alicyclic amines) is 1. The molecule has 2 aromatic carbocycles. The molecule has 35 heavy (non-hydrogen) atoms. The van der Waals surface area contributed by atoms with Crippen LogP contribution in [0, 0.1) is 0 Å². The number of nitrogens with one attached hydrogen (secondary N) is 2. The fourth-order valence-electron chi connectivity index (χ4n) is 4.51. The van der Waals surface area contributed by atoms with Crippen LogP contribution < -0.4 is 5.32 Å². The molecule has 9 heteroatoms. The zero-order chi connectivity index (χ0) is 25.1. The van der Waals surface area contributed by atoms with Crippen molar-refractivity contribution in [2.24, 2.45) is 0 Å². The van der Waals surface area contributed by atoms with Crippen LogP contribution in [0.5, 0.6) is 0 Å². The molecule has 0 radical (unpaired) electrons. The van der Waals surface area contributed by atoms with Crippen molar-refractivity contribution in [1.82, 2.24) is 25.1 Å². The second-order valence-corrected chi connectivity index (χ2v) is 10.3. The van der Waals surface area contributed by atoms with E-state index in [4.69, 9.17) is 23.2 Å². The van der Waals surface area contributed by atoms with Gasteiger partial charge in [-0.2, -0.15) is 0 Å². The number of nitrogens with zero attached hydrogens (tertiary/aromatic N) is 3. The first-order valence-electron chi connectivity index (χ1n) is 11.9. The van der Waals surface area contributed by atoms with E-state index in [2.05, 4.69) is 20.2 Å². The van der Waals surface area contributed by atoms with Crippen LogP contribution in [0.25, 0.3) is 11.0 Å². The predicted octanol–water partition coefficient (Wildman–Crippen LogP) is 5.31. The van der Waals surface area contributed by atoms with Crippen molar-refractivity contribution < 1.29 is 9.59 Å². The zero-order valence-corrected chi connectivity index (χ0v) is 21.8. The second kappa shape index (κ2) is 11.0. The molecule has 0 bridgehead atoms. The average molecular weight is 516 g/mol. The van der Waals surface area contributed by atoms with Crippen molar-refractivity contribution in [2.45, 2.75) is 44.7 Å². The third kappa shape index (κ3) is 5.97. The van der Waals surface area contributed by atoms with Gasteiger partial charge in [-0.3, -0.25) is 9.59 Å². The monoisotopic (exact) mass is 515 g/mol. The number of carbonyl (C=O) groups is 2. The Morgan fingerprint density at radius 2 is 2.00 bits per heavy atom.